The van der Waals surface area contributed by atoms with Gasteiger partial charge in [-0.3, -0.25) is 4.79 Å². The standard InChI is InChI=1S/C12H12F2O5/c1-2-19-12(18)11(17)10(16)7-4-8(13)6(5-15)3-9(7)14/h3-5,10-11,16-17H,2H2,1H3. The molecule has 2 atom stereocenters. The van der Waals surface area contributed by atoms with Crippen molar-refractivity contribution in [3.8, 4) is 0 Å². The van der Waals surface area contributed by atoms with Crippen LogP contribution in [0.5, 0.6) is 0 Å². The SMILES string of the molecule is CCOC(=O)C(O)C(O)c1cc(F)c(C=O)cc1F. The summed E-state index contributed by atoms with van der Waals surface area (Å²) in [6, 6.07) is 1.12. The van der Waals surface area contributed by atoms with E-state index in [0.717, 1.165) is 0 Å². The molecule has 2 N–H and O–H groups in total. The third kappa shape index (κ3) is 3.33. The van der Waals surface area contributed by atoms with Crippen LogP contribution < -0.4 is 0 Å². The van der Waals surface area contributed by atoms with Gasteiger partial charge in [0.2, 0.25) is 0 Å². The lowest BCUT2D eigenvalue weighted by molar-refractivity contribution is -0.159. The first kappa shape index (κ1) is 15.2. The highest BCUT2D eigenvalue weighted by molar-refractivity contribution is 5.76. The topological polar surface area (TPSA) is 83.8 Å². The number of hydrogen-bond acceptors (Lipinski definition) is 5. The van der Waals surface area contributed by atoms with Crippen molar-refractivity contribution in [3.63, 3.8) is 0 Å². The second kappa shape index (κ2) is 6.35. The Morgan fingerprint density at radius 1 is 1.37 bits per heavy atom. The summed E-state index contributed by atoms with van der Waals surface area (Å²) in [7, 11) is 0. The van der Waals surface area contributed by atoms with Crippen molar-refractivity contribution < 1.29 is 33.3 Å². The Bertz CT molecular complexity index is 489. The molecule has 0 spiro atoms. The lowest BCUT2D eigenvalue weighted by atomic mass is 10.0. The van der Waals surface area contributed by atoms with Gasteiger partial charge in [-0.15, -0.1) is 0 Å². The van der Waals surface area contributed by atoms with Crippen LogP contribution in [0.25, 0.3) is 0 Å². The maximum Gasteiger partial charge on any atom is 0.338 e. The van der Waals surface area contributed by atoms with Crippen molar-refractivity contribution in [1.82, 2.24) is 0 Å². The van der Waals surface area contributed by atoms with Gasteiger partial charge in [-0.25, -0.2) is 13.6 Å². The van der Waals surface area contributed by atoms with E-state index in [-0.39, 0.29) is 12.9 Å². The third-order valence-electron chi connectivity index (χ3n) is 2.39. The van der Waals surface area contributed by atoms with Crippen LogP contribution in [0, 0.1) is 11.6 Å². The Balaban J connectivity index is 3.06. The van der Waals surface area contributed by atoms with Crippen molar-refractivity contribution in [2.24, 2.45) is 0 Å². The second-order valence-corrected chi connectivity index (χ2v) is 3.65. The zero-order valence-electron chi connectivity index (χ0n) is 9.97. The molecule has 19 heavy (non-hydrogen) atoms. The quantitative estimate of drug-likeness (QED) is 0.611. The monoisotopic (exact) mass is 274 g/mol. The number of carbonyl (C=O) groups is 2. The zero-order valence-corrected chi connectivity index (χ0v) is 9.97. The molecular weight excluding hydrogens is 262 g/mol. The predicted molar refractivity (Wildman–Crippen MR) is 59.3 cm³/mol. The molecule has 0 heterocycles. The predicted octanol–water partition coefficient (Wildman–Crippen LogP) is 0.735. The number of esters is 1. The van der Waals surface area contributed by atoms with Crippen LogP contribution in [0.3, 0.4) is 0 Å². The fourth-order valence-electron chi connectivity index (χ4n) is 1.42. The molecule has 7 heteroatoms. The van der Waals surface area contributed by atoms with Gasteiger partial charge in [-0.1, -0.05) is 0 Å². The van der Waals surface area contributed by atoms with E-state index >= 15 is 0 Å². The second-order valence-electron chi connectivity index (χ2n) is 3.65. The Morgan fingerprint density at radius 2 is 2.00 bits per heavy atom. The highest BCUT2D eigenvalue weighted by Gasteiger charge is 2.29. The number of halogens is 2. The van der Waals surface area contributed by atoms with Crippen LogP contribution in [-0.2, 0) is 9.53 Å². The maximum absolute atomic E-state index is 13.5. The fourth-order valence-corrected chi connectivity index (χ4v) is 1.42. The molecule has 5 nitrogen and oxygen atoms in total. The van der Waals surface area contributed by atoms with E-state index in [2.05, 4.69) is 4.74 Å². The summed E-state index contributed by atoms with van der Waals surface area (Å²) in [5.41, 5.74) is -1.16. The minimum atomic E-state index is -2.05. The Kier molecular flexibility index (Phi) is 5.08. The van der Waals surface area contributed by atoms with Crippen LogP contribution in [0.2, 0.25) is 0 Å². The first-order chi connectivity index (χ1) is 8.92. The highest BCUT2D eigenvalue weighted by atomic mass is 19.1. The summed E-state index contributed by atoms with van der Waals surface area (Å²) in [5.74, 6) is -3.34. The molecule has 0 bridgehead atoms. The summed E-state index contributed by atoms with van der Waals surface area (Å²) < 4.78 is 31.3. The van der Waals surface area contributed by atoms with Crippen LogP contribution >= 0.6 is 0 Å². The Hall–Kier alpha value is -1.86. The number of ether oxygens (including phenoxy) is 1. The molecule has 1 rings (SSSR count). The molecule has 0 aromatic heterocycles. The molecule has 1 aromatic rings. The molecule has 0 saturated heterocycles. The van der Waals surface area contributed by atoms with Gasteiger partial charge < -0.3 is 14.9 Å². The van der Waals surface area contributed by atoms with Crippen molar-refractivity contribution >= 4 is 12.3 Å². The molecule has 1 aromatic carbocycles. The Labute approximate surface area is 107 Å². The van der Waals surface area contributed by atoms with Crippen molar-refractivity contribution in [3.05, 3.63) is 34.9 Å². The van der Waals surface area contributed by atoms with Gasteiger partial charge in [0.15, 0.2) is 12.4 Å². The molecule has 104 valence electrons. The van der Waals surface area contributed by atoms with Crippen LogP contribution in [0.4, 0.5) is 8.78 Å². The molecule has 0 fully saturated rings. The first-order valence-corrected chi connectivity index (χ1v) is 5.39. The summed E-state index contributed by atoms with van der Waals surface area (Å²) >= 11 is 0. The van der Waals surface area contributed by atoms with E-state index < -0.39 is 40.9 Å². The summed E-state index contributed by atoms with van der Waals surface area (Å²) in [4.78, 5) is 21.6. The molecule has 0 aliphatic rings. The van der Waals surface area contributed by atoms with E-state index in [1.54, 1.807) is 0 Å². The molecule has 0 aliphatic heterocycles. The molecule has 0 aliphatic carbocycles. The van der Waals surface area contributed by atoms with Crippen LogP contribution in [-0.4, -0.2) is 35.2 Å². The molecule has 0 saturated carbocycles. The van der Waals surface area contributed by atoms with E-state index in [0.29, 0.717) is 12.1 Å². The number of carbonyl (C=O) groups excluding carboxylic acids is 2. The first-order valence-electron chi connectivity index (χ1n) is 5.39. The van der Waals surface area contributed by atoms with Gasteiger partial charge in [0, 0.05) is 5.56 Å². The minimum absolute atomic E-state index is 0.0382. The number of aliphatic hydroxyl groups excluding tert-OH is 2. The average molecular weight is 274 g/mol. The minimum Gasteiger partial charge on any atom is -0.464 e. The highest BCUT2D eigenvalue weighted by Crippen LogP contribution is 2.23. The number of rotatable bonds is 5. The third-order valence-corrected chi connectivity index (χ3v) is 2.39. The van der Waals surface area contributed by atoms with Crippen molar-refractivity contribution in [2.75, 3.05) is 6.61 Å². The van der Waals surface area contributed by atoms with E-state index in [1.807, 2.05) is 0 Å². The van der Waals surface area contributed by atoms with Gasteiger partial charge >= 0.3 is 5.97 Å². The van der Waals surface area contributed by atoms with Crippen LogP contribution in [0.1, 0.15) is 28.9 Å². The number of hydrogen-bond donors (Lipinski definition) is 2. The fraction of sp³-hybridized carbons (Fsp3) is 0.333. The molecule has 2 unspecified atom stereocenters. The normalized spacial score (nSPS) is 13.7. The Morgan fingerprint density at radius 3 is 2.53 bits per heavy atom. The van der Waals surface area contributed by atoms with Crippen molar-refractivity contribution in [2.45, 2.75) is 19.1 Å². The smallest absolute Gasteiger partial charge is 0.338 e. The van der Waals surface area contributed by atoms with E-state index in [9.17, 15) is 28.6 Å². The molecule has 0 radical (unpaired) electrons. The number of benzene rings is 1. The lowest BCUT2D eigenvalue weighted by Gasteiger charge is -2.17. The van der Waals surface area contributed by atoms with Gasteiger partial charge in [-0.2, -0.15) is 0 Å². The maximum atomic E-state index is 13.5. The number of aldehydes is 1. The van der Waals surface area contributed by atoms with Gasteiger partial charge in [0.25, 0.3) is 0 Å². The van der Waals surface area contributed by atoms with E-state index in [1.165, 1.54) is 6.92 Å². The summed E-state index contributed by atoms with van der Waals surface area (Å²) in [6.07, 6.45) is -3.93. The van der Waals surface area contributed by atoms with Crippen molar-refractivity contribution in [1.29, 1.82) is 0 Å². The zero-order chi connectivity index (χ0) is 14.6. The summed E-state index contributed by atoms with van der Waals surface area (Å²) in [5, 5.41) is 19.0. The largest absolute Gasteiger partial charge is 0.464 e. The van der Waals surface area contributed by atoms with Gasteiger partial charge in [-0.05, 0) is 19.1 Å². The van der Waals surface area contributed by atoms with Gasteiger partial charge in [0.1, 0.15) is 17.7 Å². The van der Waals surface area contributed by atoms with Crippen LogP contribution in [0.15, 0.2) is 12.1 Å². The van der Waals surface area contributed by atoms with Gasteiger partial charge in [0.05, 0.1) is 12.2 Å². The molecular formula is C12H12F2O5. The summed E-state index contributed by atoms with van der Waals surface area (Å²) in [6.45, 7) is 1.44. The average Bonchev–Trinajstić information content (AvgIpc) is 2.39. The van der Waals surface area contributed by atoms with E-state index in [4.69, 9.17) is 0 Å². The molecule has 0 amide bonds. The number of aliphatic hydroxyl groups is 2. The lowest BCUT2D eigenvalue weighted by Crippen LogP contribution is -2.30.